The zero-order valence-corrected chi connectivity index (χ0v) is 32.2. The van der Waals surface area contributed by atoms with Crippen LogP contribution in [0.4, 0.5) is 24.9 Å². The number of amides is 3. The molecule has 0 saturated carbocycles. The van der Waals surface area contributed by atoms with Gasteiger partial charge in [-0.15, -0.1) is 0 Å². The van der Waals surface area contributed by atoms with Crippen LogP contribution in [0.3, 0.4) is 0 Å². The molecule has 4 aromatic rings. The molecule has 13 nitrogen and oxygen atoms in total. The highest BCUT2D eigenvalue weighted by atomic mass is 35.5. The highest BCUT2D eigenvalue weighted by Crippen LogP contribution is 2.43. The topological polar surface area (TPSA) is 139 Å². The van der Waals surface area contributed by atoms with Crippen molar-refractivity contribution in [2.24, 2.45) is 0 Å². The summed E-state index contributed by atoms with van der Waals surface area (Å²) in [5, 5.41) is 3.46. The first-order valence-corrected chi connectivity index (χ1v) is 19.0. The van der Waals surface area contributed by atoms with E-state index in [2.05, 4.69) is 15.3 Å². The van der Waals surface area contributed by atoms with Gasteiger partial charge in [-0.2, -0.15) is 9.97 Å². The molecule has 0 aliphatic carbocycles. The Balaban J connectivity index is 1.26. The molecular formula is C37H43ClFN7O6S. The maximum Gasteiger partial charge on any atom is 0.413 e. The van der Waals surface area contributed by atoms with E-state index in [0.29, 0.717) is 72.5 Å². The largest absolute Gasteiger partial charge is 0.461 e. The number of piperazine rings is 1. The SMILES string of the molecule is CC(C)(C)OC(=O)Nc1nc2c(-c3c(Cl)cc4c(N5CCN(C(=O)OC(C)(C)C)CC5)nc(OCC56CCCN5C(=O)CC6)nc4c3F)cccc2s1. The zero-order chi connectivity index (χ0) is 37.9. The number of hydrogen-bond acceptors (Lipinski definition) is 11. The predicted octanol–water partition coefficient (Wildman–Crippen LogP) is 7.64. The van der Waals surface area contributed by atoms with Gasteiger partial charge in [0.1, 0.15) is 29.1 Å². The van der Waals surface area contributed by atoms with E-state index >= 15 is 4.39 Å². The first-order valence-electron chi connectivity index (χ1n) is 17.8. The number of aromatic nitrogens is 3. The maximum atomic E-state index is 17.1. The molecule has 2 aromatic carbocycles. The van der Waals surface area contributed by atoms with Crippen LogP contribution in [0.15, 0.2) is 24.3 Å². The number of hydrogen-bond donors (Lipinski definition) is 1. The molecule has 0 bridgehead atoms. The van der Waals surface area contributed by atoms with Gasteiger partial charge in [-0.25, -0.2) is 19.0 Å². The highest BCUT2D eigenvalue weighted by molar-refractivity contribution is 7.22. The van der Waals surface area contributed by atoms with Crippen molar-refractivity contribution in [1.82, 2.24) is 24.8 Å². The monoisotopic (exact) mass is 767 g/mol. The van der Waals surface area contributed by atoms with Gasteiger partial charge in [0.15, 0.2) is 10.9 Å². The number of nitrogens with one attached hydrogen (secondary N) is 1. The number of rotatable bonds is 6. The minimum Gasteiger partial charge on any atom is -0.461 e. The lowest BCUT2D eigenvalue weighted by molar-refractivity contribution is -0.130. The summed E-state index contributed by atoms with van der Waals surface area (Å²) in [6.45, 7) is 13.1. The summed E-state index contributed by atoms with van der Waals surface area (Å²) in [7, 11) is 0. The molecular weight excluding hydrogens is 725 g/mol. The standard InChI is InChI=1S/C37H43ClFN7O6S/c1-35(2,3)51-33(48)43-32-41-28-21(9-7-10-24(28)53-32)26-23(38)19-22-29(27(26)39)40-31(50-20-37-12-8-14-46(37)25(47)11-13-37)42-30(22)44-15-17-45(18-16-44)34(49)52-36(4,5)6/h7,9-10,19H,8,11-18,20H2,1-6H3,(H,41,43,48). The van der Waals surface area contributed by atoms with Gasteiger partial charge in [-0.05, 0) is 72.9 Å². The van der Waals surface area contributed by atoms with Gasteiger partial charge in [-0.3, -0.25) is 10.1 Å². The van der Waals surface area contributed by atoms with Crippen LogP contribution in [0.2, 0.25) is 5.02 Å². The van der Waals surface area contributed by atoms with Gasteiger partial charge < -0.3 is 28.9 Å². The van der Waals surface area contributed by atoms with Crippen LogP contribution in [-0.2, 0) is 14.3 Å². The van der Waals surface area contributed by atoms with E-state index in [1.807, 2.05) is 36.6 Å². The Hall–Kier alpha value is -4.50. The molecule has 1 atom stereocenters. The van der Waals surface area contributed by atoms with Crippen LogP contribution in [0.1, 0.15) is 67.2 Å². The second kappa shape index (κ2) is 13.7. The Kier molecular flexibility index (Phi) is 9.54. The minimum absolute atomic E-state index is 0.00147. The van der Waals surface area contributed by atoms with Crippen molar-refractivity contribution in [3.63, 3.8) is 0 Å². The smallest absolute Gasteiger partial charge is 0.413 e. The summed E-state index contributed by atoms with van der Waals surface area (Å²) in [5.41, 5.74) is -0.824. The fourth-order valence-corrected chi connectivity index (χ4v) is 8.39. The lowest BCUT2D eigenvalue weighted by Gasteiger charge is -2.36. The van der Waals surface area contributed by atoms with Crippen LogP contribution in [0.5, 0.6) is 6.01 Å². The number of thiazole rings is 1. The van der Waals surface area contributed by atoms with Gasteiger partial charge >= 0.3 is 18.2 Å². The third-order valence-corrected chi connectivity index (χ3v) is 10.8. The van der Waals surface area contributed by atoms with E-state index in [9.17, 15) is 14.4 Å². The first kappa shape index (κ1) is 36.8. The third-order valence-electron chi connectivity index (χ3n) is 9.54. The lowest BCUT2D eigenvalue weighted by atomic mass is 9.95. The summed E-state index contributed by atoms with van der Waals surface area (Å²) in [6, 6.07) is 6.94. The fraction of sp³-hybridized carbons (Fsp3) is 0.514. The Morgan fingerprint density at radius 3 is 2.43 bits per heavy atom. The molecule has 3 amide bonds. The number of halogens is 2. The van der Waals surface area contributed by atoms with E-state index in [0.717, 1.165) is 12.8 Å². The number of benzene rings is 2. The van der Waals surface area contributed by atoms with E-state index in [4.69, 9.17) is 30.8 Å². The molecule has 5 heterocycles. The molecule has 3 aliphatic heterocycles. The number of nitrogens with zero attached hydrogens (tertiary/aromatic N) is 6. The Morgan fingerprint density at radius 1 is 0.981 bits per heavy atom. The van der Waals surface area contributed by atoms with Crippen LogP contribution in [-0.4, -0.2) is 98.9 Å². The van der Waals surface area contributed by atoms with E-state index in [1.54, 1.807) is 43.9 Å². The molecule has 2 aromatic heterocycles. The van der Waals surface area contributed by atoms with Crippen LogP contribution >= 0.6 is 22.9 Å². The molecule has 0 radical (unpaired) electrons. The highest BCUT2D eigenvalue weighted by Gasteiger charge is 2.49. The molecule has 3 saturated heterocycles. The third kappa shape index (κ3) is 7.50. The number of fused-ring (bicyclic) bond motifs is 3. The van der Waals surface area contributed by atoms with Crippen LogP contribution in [0, 0.1) is 5.82 Å². The summed E-state index contributed by atoms with van der Waals surface area (Å²) in [6.07, 6.45) is 1.77. The number of ether oxygens (including phenoxy) is 3. The van der Waals surface area contributed by atoms with Crippen molar-refractivity contribution in [3.8, 4) is 17.1 Å². The Labute approximate surface area is 315 Å². The van der Waals surface area contributed by atoms with Crippen LogP contribution < -0.4 is 15.0 Å². The van der Waals surface area contributed by atoms with Crippen molar-refractivity contribution in [2.45, 2.75) is 84.0 Å². The second-order valence-electron chi connectivity index (χ2n) is 15.7. The molecule has 1 N–H and O–H groups in total. The molecule has 3 fully saturated rings. The zero-order valence-electron chi connectivity index (χ0n) is 30.7. The average Bonchev–Trinajstić information content (AvgIpc) is 3.77. The van der Waals surface area contributed by atoms with E-state index in [-0.39, 0.29) is 39.8 Å². The fourth-order valence-electron chi connectivity index (χ4n) is 7.22. The molecule has 3 aliphatic rings. The van der Waals surface area contributed by atoms with Gasteiger partial charge in [0, 0.05) is 55.7 Å². The molecule has 53 heavy (non-hydrogen) atoms. The first-order chi connectivity index (χ1) is 25.0. The van der Waals surface area contributed by atoms with E-state index in [1.165, 1.54) is 11.3 Å². The Morgan fingerprint density at radius 2 is 1.72 bits per heavy atom. The quantitative estimate of drug-likeness (QED) is 0.208. The lowest BCUT2D eigenvalue weighted by Crippen LogP contribution is -2.50. The second-order valence-corrected chi connectivity index (χ2v) is 17.1. The van der Waals surface area contributed by atoms with Crippen LogP contribution in [0.25, 0.3) is 32.2 Å². The summed E-state index contributed by atoms with van der Waals surface area (Å²) >= 11 is 8.16. The maximum absolute atomic E-state index is 17.1. The normalized spacial score (nSPS) is 19.2. The van der Waals surface area contributed by atoms with Crippen molar-refractivity contribution in [2.75, 3.05) is 49.5 Å². The summed E-state index contributed by atoms with van der Waals surface area (Å²) < 4.78 is 35.1. The average molecular weight is 768 g/mol. The van der Waals surface area contributed by atoms with Crippen molar-refractivity contribution < 1.29 is 33.0 Å². The number of anilines is 2. The predicted molar refractivity (Wildman–Crippen MR) is 201 cm³/mol. The number of para-hydroxylation sites is 1. The van der Waals surface area contributed by atoms with Gasteiger partial charge in [0.25, 0.3) is 0 Å². The van der Waals surface area contributed by atoms with Crippen molar-refractivity contribution in [3.05, 3.63) is 35.1 Å². The summed E-state index contributed by atoms with van der Waals surface area (Å²) in [4.78, 5) is 57.5. The molecule has 282 valence electrons. The van der Waals surface area contributed by atoms with Crippen molar-refractivity contribution in [1.29, 1.82) is 0 Å². The molecule has 1 unspecified atom stereocenters. The molecule has 16 heteroatoms. The van der Waals surface area contributed by atoms with Gasteiger partial charge in [0.2, 0.25) is 5.91 Å². The number of carbonyl (C=O) groups excluding carboxylic acids is 3. The van der Waals surface area contributed by atoms with Gasteiger partial charge in [-0.1, -0.05) is 35.1 Å². The minimum atomic E-state index is -0.701. The Bertz CT molecular complexity index is 2110. The molecule has 0 spiro atoms. The van der Waals surface area contributed by atoms with Crippen molar-refractivity contribution >= 4 is 73.1 Å². The van der Waals surface area contributed by atoms with E-state index < -0.39 is 34.7 Å². The molecule has 7 rings (SSSR count). The summed E-state index contributed by atoms with van der Waals surface area (Å²) in [5.74, 6) is -0.160. The van der Waals surface area contributed by atoms with Gasteiger partial charge in [0.05, 0.1) is 20.8 Å². The number of carbonyl (C=O) groups is 3.